The molecule has 0 nitrogen and oxygen atoms in total. The fraction of sp³-hybridized carbons (Fsp3) is 0.806. The first-order chi connectivity index (χ1) is 15.9. The summed E-state index contributed by atoms with van der Waals surface area (Å²) in [6, 6.07) is 8.94. The summed E-state index contributed by atoms with van der Waals surface area (Å²) >= 11 is 0. The highest BCUT2D eigenvalue weighted by molar-refractivity contribution is 5.32. The van der Waals surface area contributed by atoms with Crippen LogP contribution in [0.4, 0.5) is 26.3 Å². The Labute approximate surface area is 226 Å². The van der Waals surface area contributed by atoms with Crippen molar-refractivity contribution in [3.05, 3.63) is 35.4 Å². The second-order valence-electron chi connectivity index (χ2n) is 14.1. The third-order valence-electron chi connectivity index (χ3n) is 4.01. The van der Waals surface area contributed by atoms with Crippen molar-refractivity contribution in [1.82, 2.24) is 0 Å². The molecule has 0 aliphatic rings. The Morgan fingerprint density at radius 1 is 0.568 bits per heavy atom. The molecule has 0 spiro atoms. The Hall–Kier alpha value is -1.20. The molecule has 0 heterocycles. The average Bonchev–Trinajstić information content (AvgIpc) is 2.58. The molecule has 0 aliphatic heterocycles. The van der Waals surface area contributed by atoms with E-state index in [1.165, 1.54) is 17.5 Å². The van der Waals surface area contributed by atoms with E-state index in [1.807, 2.05) is 0 Å². The van der Waals surface area contributed by atoms with Crippen LogP contribution in [0.15, 0.2) is 24.3 Å². The summed E-state index contributed by atoms with van der Waals surface area (Å²) in [6.45, 7) is 33.3. The molecule has 0 amide bonds. The Balaban J connectivity index is -0.000000209. The van der Waals surface area contributed by atoms with Gasteiger partial charge in [0.1, 0.15) is 0 Å². The predicted molar refractivity (Wildman–Crippen MR) is 151 cm³/mol. The van der Waals surface area contributed by atoms with Gasteiger partial charge < -0.3 is 0 Å². The van der Waals surface area contributed by atoms with Crippen molar-refractivity contribution in [3.8, 4) is 0 Å². The van der Waals surface area contributed by atoms with E-state index in [0.717, 1.165) is 5.92 Å². The van der Waals surface area contributed by atoms with Gasteiger partial charge in [0.25, 0.3) is 0 Å². The van der Waals surface area contributed by atoms with E-state index < -0.39 is 17.8 Å². The highest BCUT2D eigenvalue weighted by Gasteiger charge is 2.64. The predicted octanol–water partition coefficient (Wildman–Crippen LogP) is 12.5. The zero-order valence-electron chi connectivity index (χ0n) is 26.9. The standard InChI is InChI=1S/C14H22.C5H6F6.C5H12.C4H10.C3H8/c1-13(2,3)11-8-7-9-12(10-11)14(4,5)6;1-3(2,4(6,7)8)5(9,10)11;1-5(2,3)4;1-4(2)3;1-3-2/h7-10H,1-6H3;1-2H3;1-4H3;4H,1-3H3;3H2,1-2H3. The number of alkyl halides is 6. The minimum Gasteiger partial charge on any atom is -0.170 e. The molecule has 0 fully saturated rings. The molecule has 1 aromatic carbocycles. The lowest BCUT2D eigenvalue weighted by Crippen LogP contribution is -2.44. The van der Waals surface area contributed by atoms with Crippen LogP contribution < -0.4 is 0 Å². The van der Waals surface area contributed by atoms with Crippen LogP contribution in [0.3, 0.4) is 0 Å². The van der Waals surface area contributed by atoms with Gasteiger partial charge in [-0.2, -0.15) is 26.3 Å². The van der Waals surface area contributed by atoms with Crippen LogP contribution in [-0.2, 0) is 10.8 Å². The molecule has 0 saturated heterocycles. The molecule has 224 valence electrons. The van der Waals surface area contributed by atoms with E-state index in [1.54, 1.807) is 0 Å². The maximum atomic E-state index is 11.6. The zero-order chi connectivity index (χ0) is 31.3. The Kier molecular flexibility index (Phi) is 19.3. The van der Waals surface area contributed by atoms with Crippen LogP contribution in [-0.4, -0.2) is 12.4 Å². The van der Waals surface area contributed by atoms with Crippen LogP contribution in [0.1, 0.15) is 135 Å². The third kappa shape index (κ3) is 24.9. The maximum absolute atomic E-state index is 11.6. The van der Waals surface area contributed by atoms with Crippen molar-refractivity contribution in [2.75, 3.05) is 0 Å². The minimum absolute atomic E-state index is 0.104. The second-order valence-corrected chi connectivity index (χ2v) is 14.1. The van der Waals surface area contributed by atoms with Crippen molar-refractivity contribution in [3.63, 3.8) is 0 Å². The molecule has 0 atom stereocenters. The topological polar surface area (TPSA) is 0 Å². The Morgan fingerprint density at radius 3 is 0.865 bits per heavy atom. The lowest BCUT2D eigenvalue weighted by Gasteiger charge is -2.29. The van der Waals surface area contributed by atoms with Crippen molar-refractivity contribution >= 4 is 0 Å². The van der Waals surface area contributed by atoms with Crippen LogP contribution in [0.2, 0.25) is 0 Å². The highest BCUT2D eigenvalue weighted by atomic mass is 19.4. The molecule has 1 rings (SSSR count). The first-order valence-corrected chi connectivity index (χ1v) is 13.1. The van der Waals surface area contributed by atoms with Gasteiger partial charge >= 0.3 is 12.4 Å². The summed E-state index contributed by atoms with van der Waals surface area (Å²) in [5.41, 5.74) is 0.220. The smallest absolute Gasteiger partial charge is 0.170 e. The quantitative estimate of drug-likeness (QED) is 0.285. The fourth-order valence-electron chi connectivity index (χ4n) is 1.61. The summed E-state index contributed by atoms with van der Waals surface area (Å²) in [6.07, 6.45) is -9.24. The molecule has 37 heavy (non-hydrogen) atoms. The zero-order valence-corrected chi connectivity index (χ0v) is 26.9. The van der Waals surface area contributed by atoms with Gasteiger partial charge in [0.2, 0.25) is 0 Å². The van der Waals surface area contributed by atoms with Crippen molar-refractivity contribution in [1.29, 1.82) is 0 Å². The largest absolute Gasteiger partial charge is 0.402 e. The van der Waals surface area contributed by atoms with Crippen molar-refractivity contribution < 1.29 is 26.3 Å². The average molecular weight is 545 g/mol. The normalized spacial score (nSPS) is 12.5. The highest BCUT2D eigenvalue weighted by Crippen LogP contribution is 2.49. The van der Waals surface area contributed by atoms with Crippen LogP contribution >= 0.6 is 0 Å². The molecular formula is C31H58F6. The molecule has 0 unspecified atom stereocenters. The van der Waals surface area contributed by atoms with E-state index in [4.69, 9.17) is 0 Å². The van der Waals surface area contributed by atoms with E-state index in [9.17, 15) is 26.3 Å². The SMILES string of the molecule is CC(C)(C(F)(F)F)C(F)(F)F.CC(C)(C)C.CC(C)(C)c1cccc(C(C)(C)C)c1.CC(C)C.CCC. The number of hydrogen-bond donors (Lipinski definition) is 0. The number of rotatable bonds is 0. The molecule has 0 saturated carbocycles. The molecular weight excluding hydrogens is 486 g/mol. The fourth-order valence-corrected chi connectivity index (χ4v) is 1.61. The first kappa shape index (κ1) is 42.9. The monoisotopic (exact) mass is 544 g/mol. The molecule has 0 aliphatic carbocycles. The van der Waals surface area contributed by atoms with E-state index >= 15 is 0 Å². The molecule has 0 radical (unpaired) electrons. The summed E-state index contributed by atoms with van der Waals surface area (Å²) in [5, 5.41) is 0. The maximum Gasteiger partial charge on any atom is 0.402 e. The van der Waals surface area contributed by atoms with Gasteiger partial charge in [-0.1, -0.05) is 135 Å². The van der Waals surface area contributed by atoms with Crippen molar-refractivity contribution in [2.45, 2.75) is 147 Å². The van der Waals surface area contributed by atoms with E-state index in [2.05, 4.69) is 128 Å². The van der Waals surface area contributed by atoms with Crippen LogP contribution in [0, 0.1) is 16.7 Å². The van der Waals surface area contributed by atoms with Gasteiger partial charge in [-0.3, -0.25) is 0 Å². The molecule has 1 aromatic rings. The number of hydrogen-bond acceptors (Lipinski definition) is 0. The minimum atomic E-state index is -5.24. The van der Waals surface area contributed by atoms with Crippen LogP contribution in [0.25, 0.3) is 0 Å². The van der Waals surface area contributed by atoms with E-state index in [-0.39, 0.29) is 24.7 Å². The van der Waals surface area contributed by atoms with Crippen molar-refractivity contribution in [2.24, 2.45) is 16.7 Å². The number of halogens is 6. The summed E-state index contributed by atoms with van der Waals surface area (Å²) in [5.74, 6) is 0.833. The van der Waals surface area contributed by atoms with Crippen LogP contribution in [0.5, 0.6) is 0 Å². The molecule has 0 aromatic heterocycles. The Morgan fingerprint density at radius 2 is 0.757 bits per heavy atom. The third-order valence-corrected chi connectivity index (χ3v) is 4.01. The lowest BCUT2D eigenvalue weighted by molar-refractivity contribution is -0.327. The summed E-state index contributed by atoms with van der Waals surface area (Å²) < 4.78 is 69.7. The van der Waals surface area contributed by atoms with Gasteiger partial charge in [0.05, 0.1) is 0 Å². The molecule has 0 N–H and O–H groups in total. The summed E-state index contributed by atoms with van der Waals surface area (Å²) in [4.78, 5) is 0. The molecule has 0 bridgehead atoms. The lowest BCUT2D eigenvalue weighted by atomic mass is 9.81. The number of benzene rings is 1. The van der Waals surface area contributed by atoms with E-state index in [0.29, 0.717) is 5.41 Å². The summed E-state index contributed by atoms with van der Waals surface area (Å²) in [7, 11) is 0. The molecule has 6 heteroatoms. The first-order valence-electron chi connectivity index (χ1n) is 13.1. The Bertz CT molecular complexity index is 635. The second kappa shape index (κ2) is 16.7. The van der Waals surface area contributed by atoms with Gasteiger partial charge in [0, 0.05) is 0 Å². The van der Waals surface area contributed by atoms with Gasteiger partial charge in [0.15, 0.2) is 5.41 Å². The van der Waals surface area contributed by atoms with Gasteiger partial charge in [-0.15, -0.1) is 0 Å². The van der Waals surface area contributed by atoms with Gasteiger partial charge in [-0.05, 0) is 47.1 Å². The van der Waals surface area contributed by atoms with Gasteiger partial charge in [-0.25, -0.2) is 0 Å².